The summed E-state index contributed by atoms with van der Waals surface area (Å²) in [6, 6.07) is 0. The maximum atomic E-state index is 13.0. The molecule has 0 saturated carbocycles. The molecule has 6 atom stereocenters. The first kappa shape index (κ1) is 26.0. The number of hydrogen-bond donors (Lipinski definition) is 2. The monoisotopic (exact) mass is 479 g/mol. The molecule has 3 rings (SSSR count). The van der Waals surface area contributed by atoms with E-state index in [4.69, 9.17) is 9.47 Å². The van der Waals surface area contributed by atoms with E-state index in [-0.39, 0.29) is 24.4 Å². The van der Waals surface area contributed by atoms with Crippen LogP contribution in [-0.2, 0) is 19.1 Å². The summed E-state index contributed by atoms with van der Waals surface area (Å²) in [5.41, 5.74) is 0.510. The van der Waals surface area contributed by atoms with E-state index >= 15 is 0 Å². The van der Waals surface area contributed by atoms with Gasteiger partial charge in [0.25, 0.3) is 0 Å². The van der Waals surface area contributed by atoms with Gasteiger partial charge in [-0.3, -0.25) is 9.59 Å². The van der Waals surface area contributed by atoms with Crippen molar-refractivity contribution in [3.8, 4) is 0 Å². The van der Waals surface area contributed by atoms with Crippen molar-refractivity contribution >= 4 is 29.2 Å². The van der Waals surface area contributed by atoms with Gasteiger partial charge in [-0.1, -0.05) is 33.6 Å². The highest BCUT2D eigenvalue weighted by atomic mass is 32.1. The van der Waals surface area contributed by atoms with Crippen LogP contribution in [0.25, 0.3) is 6.08 Å². The molecule has 1 aromatic rings. The SMILES string of the molecule is C/C(=C\c1csc(C)n1)[C@@H]1C[C@@H]2O[C@@H]2CCCC[C@H](O)[C@@H](C)C(=O)C(C)(C)[C@@H](O)CC(=O)O1. The minimum absolute atomic E-state index is 0.0167. The molecule has 0 aromatic carbocycles. The quantitative estimate of drug-likeness (QED) is 0.490. The first-order valence-corrected chi connectivity index (χ1v) is 12.7. The lowest BCUT2D eigenvalue weighted by atomic mass is 9.74. The van der Waals surface area contributed by atoms with Crippen LogP contribution in [0.2, 0.25) is 0 Å². The van der Waals surface area contributed by atoms with Gasteiger partial charge in [-0.05, 0) is 38.3 Å². The zero-order valence-electron chi connectivity index (χ0n) is 20.2. The van der Waals surface area contributed by atoms with Gasteiger partial charge in [-0.25, -0.2) is 4.98 Å². The summed E-state index contributed by atoms with van der Waals surface area (Å²) < 4.78 is 11.6. The number of aryl methyl sites for hydroxylation is 1. The second kappa shape index (κ2) is 10.8. The van der Waals surface area contributed by atoms with Gasteiger partial charge >= 0.3 is 5.97 Å². The lowest BCUT2D eigenvalue weighted by Crippen LogP contribution is -2.44. The molecule has 2 N–H and O–H groups in total. The maximum absolute atomic E-state index is 13.0. The minimum Gasteiger partial charge on any atom is -0.458 e. The van der Waals surface area contributed by atoms with Crippen LogP contribution in [0.15, 0.2) is 11.0 Å². The second-order valence-electron chi connectivity index (χ2n) is 10.1. The number of ketones is 1. The molecule has 0 amide bonds. The molecule has 0 spiro atoms. The number of esters is 1. The number of carbonyl (C=O) groups is 2. The minimum atomic E-state index is -1.21. The largest absolute Gasteiger partial charge is 0.458 e. The standard InChI is InChI=1S/C25H37NO6S/c1-14(10-17-13-33-16(3)26-17)20-11-21-19(31-21)9-7-6-8-18(27)15(2)24(30)25(4,5)22(28)12-23(29)32-20/h10,13,15,18-22,27-28H,6-9,11-12H2,1-5H3/b14-10+/t15-,18+,19-,20+,21+,22+/m1/s1. The molecule has 0 radical (unpaired) electrons. The number of fused-ring (bicyclic) bond motifs is 1. The van der Waals surface area contributed by atoms with Crippen molar-refractivity contribution in [3.05, 3.63) is 21.7 Å². The summed E-state index contributed by atoms with van der Waals surface area (Å²) in [7, 11) is 0. The van der Waals surface area contributed by atoms with Gasteiger partial charge in [0.15, 0.2) is 0 Å². The van der Waals surface area contributed by atoms with E-state index < -0.39 is 35.6 Å². The Morgan fingerprint density at radius 2 is 1.91 bits per heavy atom. The number of thiazole rings is 1. The zero-order valence-corrected chi connectivity index (χ0v) is 21.1. The third-order valence-corrected chi connectivity index (χ3v) is 7.78. The Morgan fingerprint density at radius 3 is 2.58 bits per heavy atom. The Labute approximate surface area is 200 Å². The summed E-state index contributed by atoms with van der Waals surface area (Å²) in [5, 5.41) is 24.2. The number of aliphatic hydroxyl groups excluding tert-OH is 2. The van der Waals surface area contributed by atoms with Crippen molar-refractivity contribution < 1.29 is 29.3 Å². The van der Waals surface area contributed by atoms with Crippen LogP contribution in [0, 0.1) is 18.3 Å². The summed E-state index contributed by atoms with van der Waals surface area (Å²) in [6.45, 7) is 8.78. The predicted molar refractivity (Wildman–Crippen MR) is 127 cm³/mol. The Morgan fingerprint density at radius 1 is 1.21 bits per heavy atom. The fraction of sp³-hybridized carbons (Fsp3) is 0.720. The highest BCUT2D eigenvalue weighted by Crippen LogP contribution is 2.35. The number of rotatable bonds is 2. The van der Waals surface area contributed by atoms with Gasteiger partial charge < -0.3 is 19.7 Å². The molecule has 2 fully saturated rings. The van der Waals surface area contributed by atoms with Gasteiger partial charge in [0.2, 0.25) is 0 Å². The van der Waals surface area contributed by atoms with E-state index in [1.54, 1.807) is 32.1 Å². The van der Waals surface area contributed by atoms with Gasteiger partial charge in [-0.2, -0.15) is 0 Å². The van der Waals surface area contributed by atoms with Crippen molar-refractivity contribution in [2.75, 3.05) is 0 Å². The number of hydrogen-bond acceptors (Lipinski definition) is 8. The van der Waals surface area contributed by atoms with E-state index in [0.29, 0.717) is 12.8 Å². The third-order valence-electron chi connectivity index (χ3n) is 6.99. The number of aromatic nitrogens is 1. The second-order valence-corrected chi connectivity index (χ2v) is 11.1. The number of carbonyl (C=O) groups excluding carboxylic acids is 2. The number of cyclic esters (lactones) is 1. The molecule has 0 bridgehead atoms. The number of aliphatic hydroxyl groups is 2. The van der Waals surface area contributed by atoms with Crippen molar-refractivity contribution in [1.29, 1.82) is 0 Å². The molecule has 184 valence electrons. The lowest BCUT2D eigenvalue weighted by Gasteiger charge is -2.33. The van der Waals surface area contributed by atoms with E-state index in [2.05, 4.69) is 4.98 Å². The molecular weight excluding hydrogens is 442 g/mol. The average molecular weight is 480 g/mol. The molecule has 2 aliphatic heterocycles. The van der Waals surface area contributed by atoms with Gasteiger partial charge in [-0.15, -0.1) is 11.3 Å². The molecule has 8 heteroatoms. The third kappa shape index (κ3) is 6.72. The number of nitrogens with zero attached hydrogens (tertiary/aromatic N) is 1. The Kier molecular flexibility index (Phi) is 8.48. The fourth-order valence-electron chi connectivity index (χ4n) is 4.45. The predicted octanol–water partition coefficient (Wildman–Crippen LogP) is 3.84. The van der Waals surface area contributed by atoms with E-state index in [1.165, 1.54) is 0 Å². The Bertz CT molecular complexity index is 878. The van der Waals surface area contributed by atoms with Crippen LogP contribution in [0.1, 0.15) is 76.9 Å². The topological polar surface area (TPSA) is 109 Å². The van der Waals surface area contributed by atoms with Crippen molar-refractivity contribution in [2.45, 2.75) is 104 Å². The average Bonchev–Trinajstić information content (AvgIpc) is 3.36. The molecule has 2 saturated heterocycles. The highest BCUT2D eigenvalue weighted by molar-refractivity contribution is 7.09. The first-order chi connectivity index (χ1) is 15.5. The molecule has 33 heavy (non-hydrogen) atoms. The van der Waals surface area contributed by atoms with Crippen LogP contribution in [0.4, 0.5) is 0 Å². The van der Waals surface area contributed by atoms with Crippen LogP contribution in [0.5, 0.6) is 0 Å². The highest BCUT2D eigenvalue weighted by Gasteiger charge is 2.43. The van der Waals surface area contributed by atoms with Crippen LogP contribution in [-0.4, -0.2) is 57.5 Å². The lowest BCUT2D eigenvalue weighted by molar-refractivity contribution is -0.154. The molecule has 1 aromatic heterocycles. The smallest absolute Gasteiger partial charge is 0.309 e. The summed E-state index contributed by atoms with van der Waals surface area (Å²) >= 11 is 1.56. The molecule has 0 unspecified atom stereocenters. The van der Waals surface area contributed by atoms with E-state index in [1.807, 2.05) is 25.3 Å². The number of epoxide rings is 1. The van der Waals surface area contributed by atoms with Crippen molar-refractivity contribution in [3.63, 3.8) is 0 Å². The summed E-state index contributed by atoms with van der Waals surface area (Å²) in [4.78, 5) is 30.3. The van der Waals surface area contributed by atoms with Crippen molar-refractivity contribution in [2.24, 2.45) is 11.3 Å². The summed E-state index contributed by atoms with van der Waals surface area (Å²) in [6.07, 6.45) is 2.92. The van der Waals surface area contributed by atoms with Gasteiger partial charge in [0, 0.05) is 17.7 Å². The van der Waals surface area contributed by atoms with Crippen molar-refractivity contribution in [1.82, 2.24) is 4.98 Å². The molecular formula is C25H37NO6S. The first-order valence-electron chi connectivity index (χ1n) is 11.8. The van der Waals surface area contributed by atoms with Gasteiger partial charge in [0.05, 0.1) is 47.0 Å². The van der Waals surface area contributed by atoms with E-state index in [0.717, 1.165) is 35.5 Å². The maximum Gasteiger partial charge on any atom is 0.309 e. The molecule has 2 aliphatic rings. The Balaban J connectivity index is 1.79. The van der Waals surface area contributed by atoms with Crippen LogP contribution in [0.3, 0.4) is 0 Å². The molecule has 3 heterocycles. The number of Topliss-reactive ketones (excluding diaryl/α,β-unsaturated/α-hetero) is 1. The molecule has 7 nitrogen and oxygen atoms in total. The molecule has 0 aliphatic carbocycles. The van der Waals surface area contributed by atoms with E-state index in [9.17, 15) is 19.8 Å². The van der Waals surface area contributed by atoms with Crippen LogP contribution >= 0.6 is 11.3 Å². The summed E-state index contributed by atoms with van der Waals surface area (Å²) in [5.74, 6) is -1.43. The van der Waals surface area contributed by atoms with Crippen LogP contribution < -0.4 is 0 Å². The van der Waals surface area contributed by atoms with Gasteiger partial charge in [0.1, 0.15) is 11.9 Å². The number of ether oxygens (including phenoxy) is 2. The normalized spacial score (nSPS) is 34.5. The Hall–Kier alpha value is -1.61. The fourth-order valence-corrected chi connectivity index (χ4v) is 5.02. The zero-order chi connectivity index (χ0) is 24.3.